The number of halogens is 1. The SMILES string of the molecule is CC(C)CNC(=O)c1ccccc1NC(=O)COC(=O)CCC(=O)c1ccc(F)cc1. The van der Waals surface area contributed by atoms with Crippen LogP contribution in [0.15, 0.2) is 48.5 Å². The number of Topliss-reactive ketones (excluding diaryl/α,β-unsaturated/α-hetero) is 1. The summed E-state index contributed by atoms with van der Waals surface area (Å²) in [5.74, 6) is -2.15. The van der Waals surface area contributed by atoms with E-state index in [1.54, 1.807) is 24.3 Å². The second-order valence-corrected chi connectivity index (χ2v) is 7.29. The van der Waals surface area contributed by atoms with E-state index < -0.39 is 24.3 Å². The number of hydrogen-bond acceptors (Lipinski definition) is 5. The normalized spacial score (nSPS) is 10.5. The van der Waals surface area contributed by atoms with Crippen molar-refractivity contribution < 1.29 is 28.3 Å². The van der Waals surface area contributed by atoms with Gasteiger partial charge in [-0.3, -0.25) is 19.2 Å². The van der Waals surface area contributed by atoms with Gasteiger partial charge in [0.05, 0.1) is 17.7 Å². The average molecular weight is 428 g/mol. The van der Waals surface area contributed by atoms with Crippen molar-refractivity contribution in [3.8, 4) is 0 Å². The second-order valence-electron chi connectivity index (χ2n) is 7.29. The Morgan fingerprint density at radius 3 is 2.32 bits per heavy atom. The van der Waals surface area contributed by atoms with E-state index >= 15 is 0 Å². The highest BCUT2D eigenvalue weighted by molar-refractivity contribution is 6.04. The van der Waals surface area contributed by atoms with Gasteiger partial charge < -0.3 is 15.4 Å². The Bertz CT molecular complexity index is 941. The Balaban J connectivity index is 1.81. The Kier molecular flexibility index (Phi) is 8.87. The molecule has 8 heteroatoms. The molecule has 0 saturated heterocycles. The summed E-state index contributed by atoms with van der Waals surface area (Å²) in [5.41, 5.74) is 0.892. The topological polar surface area (TPSA) is 102 Å². The Labute approximate surface area is 180 Å². The van der Waals surface area contributed by atoms with Crippen molar-refractivity contribution in [2.24, 2.45) is 5.92 Å². The molecule has 0 heterocycles. The van der Waals surface area contributed by atoms with Crippen molar-refractivity contribution in [1.82, 2.24) is 5.32 Å². The van der Waals surface area contributed by atoms with Gasteiger partial charge in [0.15, 0.2) is 12.4 Å². The molecular formula is C23H25FN2O5. The molecule has 2 aromatic carbocycles. The number of rotatable bonds is 10. The van der Waals surface area contributed by atoms with Crippen LogP contribution < -0.4 is 10.6 Å². The Morgan fingerprint density at radius 2 is 1.65 bits per heavy atom. The summed E-state index contributed by atoms with van der Waals surface area (Å²) in [6.45, 7) is 3.88. The zero-order valence-electron chi connectivity index (χ0n) is 17.4. The van der Waals surface area contributed by atoms with E-state index in [-0.39, 0.29) is 30.4 Å². The fraction of sp³-hybridized carbons (Fsp3) is 0.304. The third-order valence-corrected chi connectivity index (χ3v) is 4.20. The molecule has 164 valence electrons. The first kappa shape index (κ1) is 23.7. The molecule has 0 aromatic heterocycles. The summed E-state index contributed by atoms with van der Waals surface area (Å²) in [4.78, 5) is 48.3. The van der Waals surface area contributed by atoms with Gasteiger partial charge in [-0.1, -0.05) is 26.0 Å². The van der Waals surface area contributed by atoms with Gasteiger partial charge in [0, 0.05) is 18.5 Å². The van der Waals surface area contributed by atoms with E-state index in [9.17, 15) is 23.6 Å². The van der Waals surface area contributed by atoms with Crippen LogP contribution in [-0.2, 0) is 14.3 Å². The van der Waals surface area contributed by atoms with Crippen molar-refractivity contribution >= 4 is 29.3 Å². The summed E-state index contributed by atoms with van der Waals surface area (Å²) in [6, 6.07) is 11.5. The van der Waals surface area contributed by atoms with Gasteiger partial charge in [-0.05, 0) is 42.3 Å². The third kappa shape index (κ3) is 8.00. The molecule has 2 aromatic rings. The van der Waals surface area contributed by atoms with Crippen molar-refractivity contribution in [1.29, 1.82) is 0 Å². The van der Waals surface area contributed by atoms with Gasteiger partial charge in [0.25, 0.3) is 11.8 Å². The predicted molar refractivity (Wildman–Crippen MR) is 113 cm³/mol. The molecule has 0 atom stereocenters. The van der Waals surface area contributed by atoms with Gasteiger partial charge >= 0.3 is 5.97 Å². The molecule has 0 bridgehead atoms. The van der Waals surface area contributed by atoms with E-state index in [2.05, 4.69) is 10.6 Å². The number of anilines is 1. The van der Waals surface area contributed by atoms with Gasteiger partial charge in [-0.25, -0.2) is 4.39 Å². The van der Waals surface area contributed by atoms with E-state index in [1.807, 2.05) is 13.8 Å². The van der Waals surface area contributed by atoms with Crippen LogP contribution in [0, 0.1) is 11.7 Å². The number of nitrogens with one attached hydrogen (secondary N) is 2. The molecule has 0 unspecified atom stereocenters. The van der Waals surface area contributed by atoms with E-state index in [4.69, 9.17) is 4.74 Å². The highest BCUT2D eigenvalue weighted by Crippen LogP contribution is 2.15. The average Bonchev–Trinajstić information content (AvgIpc) is 2.75. The number of carbonyl (C=O) groups excluding carboxylic acids is 4. The lowest BCUT2D eigenvalue weighted by Crippen LogP contribution is -2.29. The number of esters is 1. The molecule has 0 aliphatic heterocycles. The molecule has 0 spiro atoms. The lowest BCUT2D eigenvalue weighted by Gasteiger charge is -2.12. The summed E-state index contributed by atoms with van der Waals surface area (Å²) < 4.78 is 17.8. The maximum Gasteiger partial charge on any atom is 0.306 e. The van der Waals surface area contributed by atoms with Crippen LogP contribution in [0.5, 0.6) is 0 Å². The number of benzene rings is 2. The number of hydrogen-bond donors (Lipinski definition) is 2. The minimum atomic E-state index is -0.714. The summed E-state index contributed by atoms with van der Waals surface area (Å²) in [6.07, 6.45) is -0.331. The molecular weight excluding hydrogens is 403 g/mol. The van der Waals surface area contributed by atoms with Crippen LogP contribution in [0.2, 0.25) is 0 Å². The molecule has 0 fully saturated rings. The van der Waals surface area contributed by atoms with Crippen molar-refractivity contribution in [2.45, 2.75) is 26.7 Å². The van der Waals surface area contributed by atoms with E-state index in [0.29, 0.717) is 23.4 Å². The molecule has 31 heavy (non-hydrogen) atoms. The first-order valence-electron chi connectivity index (χ1n) is 9.87. The lowest BCUT2D eigenvalue weighted by molar-refractivity contribution is -0.147. The van der Waals surface area contributed by atoms with Crippen LogP contribution in [0.4, 0.5) is 10.1 Å². The smallest absolute Gasteiger partial charge is 0.306 e. The quantitative estimate of drug-likeness (QED) is 0.446. The number of ketones is 1. The first-order chi connectivity index (χ1) is 14.8. The maximum atomic E-state index is 12.9. The Morgan fingerprint density at radius 1 is 0.968 bits per heavy atom. The highest BCUT2D eigenvalue weighted by Gasteiger charge is 2.15. The number of ether oxygens (including phenoxy) is 1. The lowest BCUT2D eigenvalue weighted by atomic mass is 10.1. The van der Waals surface area contributed by atoms with Crippen LogP contribution in [0.25, 0.3) is 0 Å². The van der Waals surface area contributed by atoms with E-state index in [0.717, 1.165) is 12.1 Å². The predicted octanol–water partition coefficient (Wildman–Crippen LogP) is 3.36. The van der Waals surface area contributed by atoms with Crippen LogP contribution in [0.3, 0.4) is 0 Å². The van der Waals surface area contributed by atoms with Gasteiger partial charge in [-0.2, -0.15) is 0 Å². The van der Waals surface area contributed by atoms with Crippen LogP contribution in [0.1, 0.15) is 47.4 Å². The molecule has 2 rings (SSSR count). The van der Waals surface area contributed by atoms with Crippen LogP contribution in [-0.4, -0.2) is 36.7 Å². The van der Waals surface area contributed by atoms with Crippen molar-refractivity contribution in [2.75, 3.05) is 18.5 Å². The minimum absolute atomic E-state index is 0.120. The van der Waals surface area contributed by atoms with Gasteiger partial charge in [0.2, 0.25) is 0 Å². The zero-order valence-corrected chi connectivity index (χ0v) is 17.4. The molecule has 7 nitrogen and oxygen atoms in total. The number of amides is 2. The Hall–Kier alpha value is -3.55. The molecule has 0 aliphatic carbocycles. The largest absolute Gasteiger partial charge is 0.456 e. The fourth-order valence-electron chi connectivity index (χ4n) is 2.58. The first-order valence-corrected chi connectivity index (χ1v) is 9.87. The molecule has 2 amide bonds. The van der Waals surface area contributed by atoms with Crippen molar-refractivity contribution in [3.63, 3.8) is 0 Å². The van der Waals surface area contributed by atoms with E-state index in [1.165, 1.54) is 12.1 Å². The molecule has 0 radical (unpaired) electrons. The standard InChI is InChI=1S/C23H25FN2O5/c1-15(2)13-25-23(30)18-5-3-4-6-19(18)26-21(28)14-31-22(29)12-11-20(27)16-7-9-17(24)10-8-16/h3-10,15H,11-14H2,1-2H3,(H,25,30)(H,26,28). The van der Waals surface area contributed by atoms with Crippen LogP contribution >= 0.6 is 0 Å². The van der Waals surface area contributed by atoms with Gasteiger partial charge in [-0.15, -0.1) is 0 Å². The fourth-order valence-corrected chi connectivity index (χ4v) is 2.58. The molecule has 0 aliphatic rings. The number of carbonyl (C=O) groups is 4. The monoisotopic (exact) mass is 428 g/mol. The third-order valence-electron chi connectivity index (χ3n) is 4.20. The molecule has 0 saturated carbocycles. The zero-order chi connectivity index (χ0) is 22.8. The molecule has 2 N–H and O–H groups in total. The second kappa shape index (κ2) is 11.6. The summed E-state index contributed by atoms with van der Waals surface area (Å²) in [7, 11) is 0. The highest BCUT2D eigenvalue weighted by atomic mass is 19.1. The summed E-state index contributed by atoms with van der Waals surface area (Å²) in [5, 5.41) is 5.33. The van der Waals surface area contributed by atoms with Gasteiger partial charge in [0.1, 0.15) is 5.82 Å². The number of para-hydroxylation sites is 1. The minimum Gasteiger partial charge on any atom is -0.456 e. The maximum absolute atomic E-state index is 12.9. The summed E-state index contributed by atoms with van der Waals surface area (Å²) >= 11 is 0. The van der Waals surface area contributed by atoms with Crippen molar-refractivity contribution in [3.05, 3.63) is 65.5 Å².